The molecule has 2 aromatic heterocycles. The van der Waals surface area contributed by atoms with Crippen molar-refractivity contribution in [3.63, 3.8) is 0 Å². The van der Waals surface area contributed by atoms with Gasteiger partial charge >= 0.3 is 12.4 Å². The summed E-state index contributed by atoms with van der Waals surface area (Å²) in [5.41, 5.74) is -1.98. The monoisotopic (exact) mass is 598 g/mol. The number of benzene rings is 1. The molecule has 2 aliphatic heterocycles. The van der Waals surface area contributed by atoms with Crippen LogP contribution in [0.3, 0.4) is 0 Å². The van der Waals surface area contributed by atoms with Gasteiger partial charge in [0.25, 0.3) is 0 Å². The standard InChI is InChI=1S/C27H25ClF6N6O/c28-17-4-5-19-15(6-17)11-38(18-9-25(41,10-18)27(32,33)34)12-22-36-37-23(40(19)22)16-7-24(8-16)13-39(14-24)21-3-1-2-20(35-21)26(29,30)31/h1-6,16,18,41H,7-14H2. The summed E-state index contributed by atoms with van der Waals surface area (Å²) in [6.45, 7) is 1.82. The first-order chi connectivity index (χ1) is 19.2. The molecular weight excluding hydrogens is 574 g/mol. The number of nitrogens with zero attached hydrogens (tertiary/aromatic N) is 6. The number of pyridine rings is 1. The largest absolute Gasteiger partial charge is 0.433 e. The number of rotatable bonds is 3. The molecule has 218 valence electrons. The Morgan fingerprint density at radius 3 is 2.34 bits per heavy atom. The average molecular weight is 599 g/mol. The number of alkyl halides is 6. The van der Waals surface area contributed by atoms with E-state index in [4.69, 9.17) is 11.6 Å². The summed E-state index contributed by atoms with van der Waals surface area (Å²) < 4.78 is 81.1. The molecule has 1 saturated heterocycles. The molecule has 0 radical (unpaired) electrons. The Kier molecular flexibility index (Phi) is 5.79. The molecule has 2 saturated carbocycles. The van der Waals surface area contributed by atoms with Crippen LogP contribution in [-0.2, 0) is 19.3 Å². The molecule has 14 heteroatoms. The van der Waals surface area contributed by atoms with E-state index in [2.05, 4.69) is 15.2 Å². The second-order valence-electron chi connectivity index (χ2n) is 11.9. The van der Waals surface area contributed by atoms with Crippen LogP contribution in [-0.4, -0.2) is 60.7 Å². The second kappa shape index (κ2) is 8.81. The number of hydrogen-bond donors (Lipinski definition) is 1. The van der Waals surface area contributed by atoms with Crippen molar-refractivity contribution in [1.29, 1.82) is 0 Å². The van der Waals surface area contributed by atoms with Gasteiger partial charge in [-0.1, -0.05) is 17.7 Å². The number of hydrogen-bond acceptors (Lipinski definition) is 6. The van der Waals surface area contributed by atoms with Gasteiger partial charge in [0, 0.05) is 54.9 Å². The quantitative estimate of drug-likeness (QED) is 0.402. The molecule has 1 spiro atoms. The molecule has 0 bridgehead atoms. The molecule has 2 aliphatic carbocycles. The summed E-state index contributed by atoms with van der Waals surface area (Å²) >= 11 is 6.29. The predicted molar refractivity (Wildman–Crippen MR) is 136 cm³/mol. The zero-order valence-electron chi connectivity index (χ0n) is 21.6. The van der Waals surface area contributed by atoms with Crippen molar-refractivity contribution in [1.82, 2.24) is 24.6 Å². The van der Waals surface area contributed by atoms with Crippen molar-refractivity contribution in [3.05, 3.63) is 64.3 Å². The van der Waals surface area contributed by atoms with Gasteiger partial charge in [0.15, 0.2) is 11.4 Å². The fourth-order valence-corrected chi connectivity index (χ4v) is 7.09. The third kappa shape index (κ3) is 4.38. The molecule has 3 fully saturated rings. The number of aromatic nitrogens is 4. The molecule has 41 heavy (non-hydrogen) atoms. The Balaban J connectivity index is 1.09. The minimum atomic E-state index is -4.68. The Bertz CT molecular complexity index is 1500. The Morgan fingerprint density at radius 2 is 1.66 bits per heavy atom. The number of aliphatic hydroxyl groups is 1. The second-order valence-corrected chi connectivity index (χ2v) is 12.4. The first-order valence-electron chi connectivity index (χ1n) is 13.3. The molecule has 1 aromatic carbocycles. The van der Waals surface area contributed by atoms with Crippen LogP contribution in [0.1, 0.15) is 54.5 Å². The molecule has 3 aromatic rings. The maximum atomic E-state index is 13.3. The fraction of sp³-hybridized carbons (Fsp3) is 0.519. The van der Waals surface area contributed by atoms with E-state index in [-0.39, 0.29) is 17.9 Å². The van der Waals surface area contributed by atoms with Crippen LogP contribution in [0, 0.1) is 5.41 Å². The van der Waals surface area contributed by atoms with Gasteiger partial charge in [-0.2, -0.15) is 26.3 Å². The lowest BCUT2D eigenvalue weighted by atomic mass is 9.57. The summed E-state index contributed by atoms with van der Waals surface area (Å²) in [5, 5.41) is 19.5. The van der Waals surface area contributed by atoms with Gasteiger partial charge in [0.2, 0.25) is 0 Å². The fourth-order valence-electron chi connectivity index (χ4n) is 6.89. The van der Waals surface area contributed by atoms with E-state index < -0.39 is 42.5 Å². The molecule has 0 atom stereocenters. The van der Waals surface area contributed by atoms with Gasteiger partial charge in [-0.15, -0.1) is 10.2 Å². The summed E-state index contributed by atoms with van der Waals surface area (Å²) in [6.07, 6.45) is -8.42. The Hall–Kier alpha value is -2.90. The Morgan fingerprint density at radius 1 is 0.927 bits per heavy atom. The van der Waals surface area contributed by atoms with Crippen LogP contribution >= 0.6 is 11.6 Å². The lowest BCUT2D eigenvalue weighted by Crippen LogP contribution is -2.62. The summed E-state index contributed by atoms with van der Waals surface area (Å²) in [4.78, 5) is 7.54. The van der Waals surface area contributed by atoms with Crippen LogP contribution in [0.25, 0.3) is 5.69 Å². The number of fused-ring (bicyclic) bond motifs is 3. The van der Waals surface area contributed by atoms with Crippen LogP contribution in [0.5, 0.6) is 0 Å². The summed E-state index contributed by atoms with van der Waals surface area (Å²) in [7, 11) is 0. The number of halogens is 7. The van der Waals surface area contributed by atoms with Crippen molar-refractivity contribution in [2.75, 3.05) is 18.0 Å². The molecule has 7 rings (SSSR count). The van der Waals surface area contributed by atoms with E-state index in [0.29, 0.717) is 36.3 Å². The van der Waals surface area contributed by atoms with E-state index in [9.17, 15) is 31.4 Å². The maximum absolute atomic E-state index is 13.3. The van der Waals surface area contributed by atoms with Gasteiger partial charge in [-0.25, -0.2) is 4.98 Å². The molecular formula is C27H25ClF6N6O. The van der Waals surface area contributed by atoms with Gasteiger partial charge < -0.3 is 10.0 Å². The first kappa shape index (κ1) is 27.0. The lowest BCUT2D eigenvalue weighted by molar-refractivity contribution is -0.300. The van der Waals surface area contributed by atoms with Crippen molar-refractivity contribution in [2.24, 2.45) is 5.41 Å². The highest BCUT2D eigenvalue weighted by atomic mass is 35.5. The molecule has 4 heterocycles. The minimum absolute atomic E-state index is 0.0411. The maximum Gasteiger partial charge on any atom is 0.433 e. The van der Waals surface area contributed by atoms with Crippen molar-refractivity contribution >= 4 is 17.4 Å². The SMILES string of the molecule is OC1(C(F)(F)F)CC(N2Cc3cc(Cl)ccc3-n3c(nnc3C3CC4(C3)CN(c3cccc(C(F)(F)F)n3)C4)C2)C1. The lowest BCUT2D eigenvalue weighted by Gasteiger charge is -2.59. The van der Waals surface area contributed by atoms with Gasteiger partial charge in [0.1, 0.15) is 17.3 Å². The zero-order chi connectivity index (χ0) is 28.9. The normalized spacial score (nSPS) is 26.0. The molecule has 0 amide bonds. The molecule has 1 N–H and O–H groups in total. The molecule has 0 unspecified atom stereocenters. The van der Waals surface area contributed by atoms with Crippen molar-refractivity contribution < 1.29 is 31.4 Å². The third-order valence-corrected chi connectivity index (χ3v) is 9.31. The highest BCUT2D eigenvalue weighted by Gasteiger charge is 2.62. The van der Waals surface area contributed by atoms with Crippen LogP contribution in [0.2, 0.25) is 5.02 Å². The summed E-state index contributed by atoms with van der Waals surface area (Å²) in [5.74, 6) is 1.74. The van der Waals surface area contributed by atoms with E-state index in [1.165, 1.54) is 6.07 Å². The average Bonchev–Trinajstić information content (AvgIpc) is 3.14. The van der Waals surface area contributed by atoms with Crippen LogP contribution < -0.4 is 4.90 Å². The van der Waals surface area contributed by atoms with Gasteiger partial charge in [-0.05, 0) is 48.7 Å². The summed E-state index contributed by atoms with van der Waals surface area (Å²) in [6, 6.07) is 8.85. The van der Waals surface area contributed by atoms with E-state index in [1.807, 2.05) is 20.4 Å². The number of anilines is 1. The predicted octanol–water partition coefficient (Wildman–Crippen LogP) is 5.49. The van der Waals surface area contributed by atoms with Gasteiger partial charge in [-0.3, -0.25) is 9.47 Å². The van der Waals surface area contributed by atoms with Crippen LogP contribution in [0.4, 0.5) is 32.2 Å². The van der Waals surface area contributed by atoms with Crippen molar-refractivity contribution in [2.45, 2.75) is 68.7 Å². The van der Waals surface area contributed by atoms with Gasteiger partial charge in [0.05, 0.1) is 12.2 Å². The highest BCUT2D eigenvalue weighted by Crippen LogP contribution is 2.57. The van der Waals surface area contributed by atoms with E-state index in [1.54, 1.807) is 18.2 Å². The smallest absolute Gasteiger partial charge is 0.380 e. The Labute approximate surface area is 235 Å². The molecule has 7 nitrogen and oxygen atoms in total. The van der Waals surface area contributed by atoms with Crippen molar-refractivity contribution in [3.8, 4) is 5.69 Å². The van der Waals surface area contributed by atoms with E-state index >= 15 is 0 Å². The minimum Gasteiger partial charge on any atom is -0.380 e. The third-order valence-electron chi connectivity index (χ3n) is 9.07. The zero-order valence-corrected chi connectivity index (χ0v) is 22.3. The van der Waals surface area contributed by atoms with Crippen LogP contribution in [0.15, 0.2) is 36.4 Å². The highest BCUT2D eigenvalue weighted by molar-refractivity contribution is 6.30. The van der Waals surface area contributed by atoms with E-state index in [0.717, 1.165) is 36.0 Å². The first-order valence-corrected chi connectivity index (χ1v) is 13.7. The molecule has 4 aliphatic rings. The topological polar surface area (TPSA) is 70.3 Å².